The Labute approximate surface area is 101 Å². The van der Waals surface area contributed by atoms with Crippen LogP contribution in [0.3, 0.4) is 0 Å². The topological polar surface area (TPSA) is 29.1 Å². The highest BCUT2D eigenvalue weighted by molar-refractivity contribution is 5.92. The van der Waals surface area contributed by atoms with Gasteiger partial charge in [0.15, 0.2) is 0 Å². The van der Waals surface area contributed by atoms with Crippen molar-refractivity contribution in [2.45, 2.75) is 32.6 Å². The number of carbonyl (C=O) groups excluding carboxylic acids is 1. The quantitative estimate of drug-likeness (QED) is 0.833. The predicted octanol–water partition coefficient (Wildman–Crippen LogP) is 3.59. The van der Waals surface area contributed by atoms with Crippen LogP contribution in [0.1, 0.15) is 32.6 Å². The molecule has 92 valence electrons. The monoisotopic (exact) mass is 235 g/mol. The van der Waals surface area contributed by atoms with E-state index < -0.39 is 0 Å². The van der Waals surface area contributed by atoms with E-state index in [4.69, 9.17) is 0 Å². The normalized spacial score (nSPS) is 24.4. The third-order valence-electron chi connectivity index (χ3n) is 3.40. The molecule has 1 N–H and O–H groups in total. The third-order valence-corrected chi connectivity index (χ3v) is 3.40. The molecule has 0 spiro atoms. The summed E-state index contributed by atoms with van der Waals surface area (Å²) in [7, 11) is 0. The highest BCUT2D eigenvalue weighted by Crippen LogP contribution is 2.29. The number of carbonyl (C=O) groups is 1. The highest BCUT2D eigenvalue weighted by atomic mass is 19.1. The molecule has 0 aliphatic heterocycles. The number of amides is 1. The first-order valence-electron chi connectivity index (χ1n) is 6.21. The van der Waals surface area contributed by atoms with E-state index in [-0.39, 0.29) is 17.6 Å². The van der Waals surface area contributed by atoms with Gasteiger partial charge in [0, 0.05) is 11.6 Å². The minimum Gasteiger partial charge on any atom is -0.326 e. The van der Waals surface area contributed by atoms with Crippen molar-refractivity contribution in [1.82, 2.24) is 0 Å². The number of hydrogen-bond acceptors (Lipinski definition) is 1. The number of benzene rings is 1. The average Bonchev–Trinajstić information content (AvgIpc) is 2.29. The van der Waals surface area contributed by atoms with E-state index in [9.17, 15) is 9.18 Å². The van der Waals surface area contributed by atoms with Crippen molar-refractivity contribution in [1.29, 1.82) is 0 Å². The number of hydrogen-bond donors (Lipinski definition) is 1. The smallest absolute Gasteiger partial charge is 0.227 e. The maximum absolute atomic E-state index is 13.0. The van der Waals surface area contributed by atoms with Crippen LogP contribution in [0.5, 0.6) is 0 Å². The van der Waals surface area contributed by atoms with Gasteiger partial charge in [-0.25, -0.2) is 4.39 Å². The fourth-order valence-corrected chi connectivity index (χ4v) is 2.48. The van der Waals surface area contributed by atoms with Crippen LogP contribution in [-0.2, 0) is 4.79 Å². The zero-order valence-corrected chi connectivity index (χ0v) is 10.1. The van der Waals surface area contributed by atoms with E-state index in [0.717, 1.165) is 19.3 Å². The molecule has 1 aliphatic carbocycles. The summed E-state index contributed by atoms with van der Waals surface area (Å²) >= 11 is 0. The van der Waals surface area contributed by atoms with Gasteiger partial charge in [-0.15, -0.1) is 0 Å². The van der Waals surface area contributed by atoms with Crippen molar-refractivity contribution in [2.75, 3.05) is 5.32 Å². The van der Waals surface area contributed by atoms with Gasteiger partial charge in [0.1, 0.15) is 5.82 Å². The predicted molar refractivity (Wildman–Crippen MR) is 66.2 cm³/mol. The molecule has 1 amide bonds. The van der Waals surface area contributed by atoms with Gasteiger partial charge in [-0.05, 0) is 37.0 Å². The lowest BCUT2D eigenvalue weighted by molar-refractivity contribution is -0.121. The van der Waals surface area contributed by atoms with Crippen LogP contribution in [-0.4, -0.2) is 5.91 Å². The van der Waals surface area contributed by atoms with Crippen LogP contribution in [0.25, 0.3) is 0 Å². The van der Waals surface area contributed by atoms with Gasteiger partial charge in [-0.2, -0.15) is 0 Å². The number of nitrogens with one attached hydrogen (secondary N) is 1. The Hall–Kier alpha value is -1.38. The number of rotatable bonds is 2. The molecular weight excluding hydrogens is 217 g/mol. The lowest BCUT2D eigenvalue weighted by Gasteiger charge is -2.25. The fourth-order valence-electron chi connectivity index (χ4n) is 2.48. The van der Waals surface area contributed by atoms with E-state index in [1.165, 1.54) is 18.6 Å². The molecule has 1 aromatic carbocycles. The molecule has 0 saturated heterocycles. The zero-order valence-electron chi connectivity index (χ0n) is 10.1. The van der Waals surface area contributed by atoms with Crippen molar-refractivity contribution in [2.24, 2.45) is 11.8 Å². The Bertz CT molecular complexity index is 405. The first kappa shape index (κ1) is 12.1. The summed E-state index contributed by atoms with van der Waals surface area (Å²) in [5.74, 6) is 0.413. The summed E-state index contributed by atoms with van der Waals surface area (Å²) in [6.07, 6.45) is 4.22. The summed E-state index contributed by atoms with van der Waals surface area (Å²) < 4.78 is 13.0. The molecule has 0 radical (unpaired) electrons. The Morgan fingerprint density at radius 1 is 1.41 bits per heavy atom. The van der Waals surface area contributed by atoms with E-state index in [2.05, 4.69) is 12.2 Å². The van der Waals surface area contributed by atoms with Crippen LogP contribution in [0, 0.1) is 17.7 Å². The summed E-state index contributed by atoms with van der Waals surface area (Å²) in [6, 6.07) is 6.05. The third kappa shape index (κ3) is 3.29. The van der Waals surface area contributed by atoms with Crippen molar-refractivity contribution in [3.63, 3.8) is 0 Å². The van der Waals surface area contributed by atoms with Crippen molar-refractivity contribution in [3.8, 4) is 0 Å². The molecule has 1 aromatic rings. The van der Waals surface area contributed by atoms with Gasteiger partial charge < -0.3 is 5.32 Å². The Balaban J connectivity index is 1.96. The Morgan fingerprint density at radius 2 is 2.24 bits per heavy atom. The number of halogens is 1. The van der Waals surface area contributed by atoms with Gasteiger partial charge >= 0.3 is 0 Å². The maximum Gasteiger partial charge on any atom is 0.227 e. The van der Waals surface area contributed by atoms with Crippen LogP contribution in [0.4, 0.5) is 10.1 Å². The lowest BCUT2D eigenvalue weighted by Crippen LogP contribution is -2.27. The van der Waals surface area contributed by atoms with Crippen molar-refractivity contribution >= 4 is 11.6 Å². The average molecular weight is 235 g/mol. The van der Waals surface area contributed by atoms with E-state index in [1.807, 2.05) is 0 Å². The van der Waals surface area contributed by atoms with Gasteiger partial charge in [-0.1, -0.05) is 25.8 Å². The van der Waals surface area contributed by atoms with Crippen molar-refractivity contribution in [3.05, 3.63) is 30.1 Å². The molecule has 2 rings (SSSR count). The van der Waals surface area contributed by atoms with Crippen LogP contribution >= 0.6 is 0 Å². The first-order valence-corrected chi connectivity index (χ1v) is 6.21. The SMILES string of the molecule is C[C@@H]1CCC[C@H](C(=O)Nc2cccc(F)c2)C1. The Morgan fingerprint density at radius 3 is 2.94 bits per heavy atom. The van der Waals surface area contributed by atoms with Gasteiger partial charge in [-0.3, -0.25) is 4.79 Å². The largest absolute Gasteiger partial charge is 0.326 e. The molecule has 17 heavy (non-hydrogen) atoms. The molecule has 1 saturated carbocycles. The summed E-state index contributed by atoms with van der Waals surface area (Å²) in [4.78, 5) is 12.0. The van der Waals surface area contributed by atoms with Gasteiger partial charge in [0.2, 0.25) is 5.91 Å². The summed E-state index contributed by atoms with van der Waals surface area (Å²) in [5.41, 5.74) is 0.549. The lowest BCUT2D eigenvalue weighted by atomic mass is 9.82. The number of anilines is 1. The first-order chi connectivity index (χ1) is 8.15. The molecule has 0 aromatic heterocycles. The van der Waals surface area contributed by atoms with Crippen LogP contribution in [0.15, 0.2) is 24.3 Å². The molecule has 2 atom stereocenters. The molecule has 0 bridgehead atoms. The van der Waals surface area contributed by atoms with E-state index in [0.29, 0.717) is 11.6 Å². The van der Waals surface area contributed by atoms with Crippen LogP contribution < -0.4 is 5.32 Å². The highest BCUT2D eigenvalue weighted by Gasteiger charge is 2.24. The molecule has 0 unspecified atom stereocenters. The minimum absolute atomic E-state index is 0.0298. The Kier molecular flexibility index (Phi) is 3.77. The summed E-state index contributed by atoms with van der Waals surface area (Å²) in [5, 5.41) is 2.79. The second-order valence-electron chi connectivity index (χ2n) is 4.97. The minimum atomic E-state index is -0.320. The second-order valence-corrected chi connectivity index (χ2v) is 4.97. The van der Waals surface area contributed by atoms with Gasteiger partial charge in [0.25, 0.3) is 0 Å². The molecule has 2 nitrogen and oxygen atoms in total. The standard InChI is InChI=1S/C14H18FNO/c1-10-4-2-5-11(8-10)14(17)16-13-7-3-6-12(15)9-13/h3,6-7,9-11H,2,4-5,8H2,1H3,(H,16,17)/t10-,11+/m1/s1. The van der Waals surface area contributed by atoms with Gasteiger partial charge in [0.05, 0.1) is 0 Å². The van der Waals surface area contributed by atoms with Crippen LogP contribution in [0.2, 0.25) is 0 Å². The summed E-state index contributed by atoms with van der Waals surface area (Å²) in [6.45, 7) is 2.18. The second kappa shape index (κ2) is 5.30. The zero-order chi connectivity index (χ0) is 12.3. The van der Waals surface area contributed by atoms with E-state index in [1.54, 1.807) is 12.1 Å². The molecule has 3 heteroatoms. The molecular formula is C14H18FNO. The maximum atomic E-state index is 13.0. The fraction of sp³-hybridized carbons (Fsp3) is 0.500. The molecule has 1 aliphatic rings. The van der Waals surface area contributed by atoms with E-state index >= 15 is 0 Å². The molecule has 0 heterocycles. The van der Waals surface area contributed by atoms with Crippen molar-refractivity contribution < 1.29 is 9.18 Å². The molecule has 1 fully saturated rings.